The van der Waals surface area contributed by atoms with Crippen LogP contribution in [0.1, 0.15) is 37.5 Å². The van der Waals surface area contributed by atoms with Gasteiger partial charge in [0, 0.05) is 10.8 Å². The van der Waals surface area contributed by atoms with Crippen LogP contribution in [0.2, 0.25) is 0 Å². The molecule has 2 nitrogen and oxygen atoms in total. The Morgan fingerprint density at radius 1 is 1.67 bits per heavy atom. The maximum absolute atomic E-state index is 12.1. The summed E-state index contributed by atoms with van der Waals surface area (Å²) in [7, 11) is 0. The summed E-state index contributed by atoms with van der Waals surface area (Å²) in [6, 6.07) is 3.98. The third-order valence-electron chi connectivity index (χ3n) is 3.67. The summed E-state index contributed by atoms with van der Waals surface area (Å²) < 4.78 is 0. The molecule has 1 aromatic rings. The van der Waals surface area contributed by atoms with Crippen LogP contribution in [0.3, 0.4) is 0 Å². The number of nitrogens with one attached hydrogen (secondary N) is 1. The van der Waals surface area contributed by atoms with Crippen molar-refractivity contribution in [2.24, 2.45) is 5.92 Å². The predicted molar refractivity (Wildman–Crippen MR) is 77.2 cm³/mol. The van der Waals surface area contributed by atoms with Gasteiger partial charge in [0.1, 0.15) is 0 Å². The van der Waals surface area contributed by atoms with Gasteiger partial charge in [0.2, 0.25) is 5.91 Å². The number of hydrogen-bond donors (Lipinski definition) is 1. The topological polar surface area (TPSA) is 29.1 Å². The van der Waals surface area contributed by atoms with Crippen molar-refractivity contribution < 1.29 is 4.79 Å². The molecular formula is C14H20ClNOS. The largest absolute Gasteiger partial charge is 0.349 e. The molecular weight excluding hydrogens is 266 g/mol. The van der Waals surface area contributed by atoms with Crippen LogP contribution in [-0.2, 0) is 11.2 Å². The Balaban J connectivity index is 1.95. The van der Waals surface area contributed by atoms with Crippen molar-refractivity contribution in [3.05, 3.63) is 22.4 Å². The van der Waals surface area contributed by atoms with Crippen LogP contribution < -0.4 is 5.32 Å². The van der Waals surface area contributed by atoms with Gasteiger partial charge in [-0.2, -0.15) is 0 Å². The van der Waals surface area contributed by atoms with E-state index in [1.807, 2.05) is 17.5 Å². The molecule has 0 aliphatic heterocycles. The Morgan fingerprint density at radius 3 is 3.11 bits per heavy atom. The molecule has 1 saturated carbocycles. The van der Waals surface area contributed by atoms with Gasteiger partial charge >= 0.3 is 0 Å². The first-order chi connectivity index (χ1) is 8.63. The second-order valence-corrected chi connectivity index (χ2v) is 6.72. The highest BCUT2D eigenvalue weighted by molar-refractivity contribution is 7.10. The molecule has 100 valence electrons. The SMILES string of the molecule is CC1CCCC(CCl)(NC(=O)Cc2cccs2)C1. The van der Waals surface area contributed by atoms with Crippen molar-refractivity contribution in [1.82, 2.24) is 5.32 Å². The highest BCUT2D eigenvalue weighted by Gasteiger charge is 2.35. The molecule has 4 heteroatoms. The average molecular weight is 286 g/mol. The Bertz CT molecular complexity index is 393. The normalized spacial score (nSPS) is 28.0. The van der Waals surface area contributed by atoms with Gasteiger partial charge in [-0.1, -0.05) is 25.8 Å². The van der Waals surface area contributed by atoms with E-state index in [9.17, 15) is 4.79 Å². The molecule has 18 heavy (non-hydrogen) atoms. The number of rotatable bonds is 4. The lowest BCUT2D eigenvalue weighted by Crippen LogP contribution is -2.53. The summed E-state index contributed by atoms with van der Waals surface area (Å²) in [6.45, 7) is 2.24. The standard InChI is InChI=1S/C14H20ClNOS/c1-11-4-2-6-14(9-11,10-15)16-13(17)8-12-5-3-7-18-12/h3,5,7,11H,2,4,6,8-10H2,1H3,(H,16,17). The molecule has 1 aliphatic carbocycles. The second kappa shape index (κ2) is 6.07. The highest BCUT2D eigenvalue weighted by Crippen LogP contribution is 2.33. The molecule has 1 amide bonds. The molecule has 2 rings (SSSR count). The van der Waals surface area contributed by atoms with Crippen LogP contribution in [0.4, 0.5) is 0 Å². The summed E-state index contributed by atoms with van der Waals surface area (Å²) in [5.41, 5.74) is -0.173. The molecule has 1 aromatic heterocycles. The zero-order valence-electron chi connectivity index (χ0n) is 10.7. The van der Waals surface area contributed by atoms with Crippen LogP contribution in [0.15, 0.2) is 17.5 Å². The number of halogens is 1. The minimum atomic E-state index is -0.173. The number of hydrogen-bond acceptors (Lipinski definition) is 2. The van der Waals surface area contributed by atoms with E-state index in [1.54, 1.807) is 11.3 Å². The summed E-state index contributed by atoms with van der Waals surface area (Å²) in [6.07, 6.45) is 4.90. The third kappa shape index (κ3) is 3.48. The first-order valence-corrected chi connectivity index (χ1v) is 7.94. The molecule has 2 unspecified atom stereocenters. The Hall–Kier alpha value is -0.540. The van der Waals surface area contributed by atoms with Crippen molar-refractivity contribution in [3.8, 4) is 0 Å². The first kappa shape index (κ1) is 13.9. The molecule has 1 heterocycles. The van der Waals surface area contributed by atoms with Gasteiger partial charge in [0.15, 0.2) is 0 Å². The van der Waals surface area contributed by atoms with Gasteiger partial charge in [-0.25, -0.2) is 0 Å². The summed E-state index contributed by atoms with van der Waals surface area (Å²) in [5, 5.41) is 5.19. The molecule has 0 aromatic carbocycles. The lowest BCUT2D eigenvalue weighted by molar-refractivity contribution is -0.122. The van der Waals surface area contributed by atoms with Crippen LogP contribution in [0, 0.1) is 5.92 Å². The van der Waals surface area contributed by atoms with E-state index in [4.69, 9.17) is 11.6 Å². The van der Waals surface area contributed by atoms with Crippen LogP contribution in [0.5, 0.6) is 0 Å². The highest BCUT2D eigenvalue weighted by atomic mass is 35.5. The van der Waals surface area contributed by atoms with Crippen LogP contribution >= 0.6 is 22.9 Å². The summed E-state index contributed by atoms with van der Waals surface area (Å²) in [5.74, 6) is 1.28. The Labute approximate surface area is 118 Å². The Morgan fingerprint density at radius 2 is 2.50 bits per heavy atom. The molecule has 1 aliphatic rings. The Kier molecular flexibility index (Phi) is 4.68. The average Bonchev–Trinajstić information content (AvgIpc) is 2.81. The second-order valence-electron chi connectivity index (χ2n) is 5.42. The summed E-state index contributed by atoms with van der Waals surface area (Å²) in [4.78, 5) is 13.2. The van der Waals surface area contributed by atoms with E-state index < -0.39 is 0 Å². The lowest BCUT2D eigenvalue weighted by atomic mass is 9.77. The number of alkyl halides is 1. The fourth-order valence-electron chi connectivity index (χ4n) is 2.84. The van der Waals surface area contributed by atoms with Crippen molar-refractivity contribution in [2.75, 3.05) is 5.88 Å². The minimum Gasteiger partial charge on any atom is -0.349 e. The van der Waals surface area contributed by atoms with Gasteiger partial charge in [0.25, 0.3) is 0 Å². The number of amides is 1. The van der Waals surface area contributed by atoms with Gasteiger partial charge in [-0.3, -0.25) is 4.79 Å². The van der Waals surface area contributed by atoms with E-state index >= 15 is 0 Å². The molecule has 1 N–H and O–H groups in total. The van der Waals surface area contributed by atoms with Crippen molar-refractivity contribution >= 4 is 28.8 Å². The molecule has 0 bridgehead atoms. The van der Waals surface area contributed by atoms with Crippen molar-refractivity contribution in [3.63, 3.8) is 0 Å². The van der Waals surface area contributed by atoms with Gasteiger partial charge in [0.05, 0.1) is 12.0 Å². The predicted octanol–water partition coefficient (Wildman–Crippen LogP) is 3.59. The van der Waals surface area contributed by atoms with Gasteiger partial charge < -0.3 is 5.32 Å². The number of carbonyl (C=O) groups excluding carboxylic acids is 1. The third-order valence-corrected chi connectivity index (χ3v) is 5.05. The minimum absolute atomic E-state index is 0.104. The van der Waals surface area contributed by atoms with Crippen molar-refractivity contribution in [2.45, 2.75) is 44.6 Å². The van der Waals surface area contributed by atoms with Crippen LogP contribution in [0.25, 0.3) is 0 Å². The van der Waals surface area contributed by atoms with E-state index in [1.165, 1.54) is 6.42 Å². The number of thiophene rings is 1. The molecule has 0 spiro atoms. The lowest BCUT2D eigenvalue weighted by Gasteiger charge is -2.39. The van der Waals surface area contributed by atoms with Gasteiger partial charge in [-0.15, -0.1) is 22.9 Å². The summed E-state index contributed by atoms with van der Waals surface area (Å²) >= 11 is 7.74. The smallest absolute Gasteiger partial charge is 0.225 e. The van der Waals surface area contributed by atoms with E-state index in [-0.39, 0.29) is 11.4 Å². The fourth-order valence-corrected chi connectivity index (χ4v) is 3.85. The maximum Gasteiger partial charge on any atom is 0.225 e. The fraction of sp³-hybridized carbons (Fsp3) is 0.643. The number of carbonyl (C=O) groups is 1. The molecule has 0 radical (unpaired) electrons. The van der Waals surface area contributed by atoms with Gasteiger partial charge in [-0.05, 0) is 30.2 Å². The molecule has 1 fully saturated rings. The van der Waals surface area contributed by atoms with E-state index in [0.29, 0.717) is 18.2 Å². The maximum atomic E-state index is 12.1. The monoisotopic (exact) mass is 285 g/mol. The molecule has 0 saturated heterocycles. The van der Waals surface area contributed by atoms with Crippen molar-refractivity contribution in [1.29, 1.82) is 0 Å². The zero-order chi connectivity index (χ0) is 13.0. The van der Waals surface area contributed by atoms with Crippen LogP contribution in [-0.4, -0.2) is 17.3 Å². The van der Waals surface area contributed by atoms with E-state index in [0.717, 1.165) is 24.1 Å². The van der Waals surface area contributed by atoms with E-state index in [2.05, 4.69) is 12.2 Å². The molecule has 2 atom stereocenters. The first-order valence-electron chi connectivity index (χ1n) is 6.53. The quantitative estimate of drug-likeness (QED) is 0.842. The zero-order valence-corrected chi connectivity index (χ0v) is 12.3.